The van der Waals surface area contributed by atoms with E-state index in [0.717, 1.165) is 0 Å². The van der Waals surface area contributed by atoms with Gasteiger partial charge in [-0.1, -0.05) is 53.0 Å². The van der Waals surface area contributed by atoms with E-state index in [1.807, 2.05) is 12.1 Å². The van der Waals surface area contributed by atoms with Crippen LogP contribution in [0.5, 0.6) is 11.5 Å². The quantitative estimate of drug-likeness (QED) is 0.341. The van der Waals surface area contributed by atoms with Crippen LogP contribution in [0.25, 0.3) is 0 Å². The fourth-order valence-corrected chi connectivity index (χ4v) is 2.77. The van der Waals surface area contributed by atoms with E-state index in [4.69, 9.17) is 56.5 Å². The van der Waals surface area contributed by atoms with Gasteiger partial charge in [-0.3, -0.25) is 4.79 Å². The molecule has 28 heavy (non-hydrogen) atoms. The Kier molecular flexibility index (Phi) is 8.00. The molecule has 0 fully saturated rings. The second-order valence-corrected chi connectivity index (χ2v) is 8.26. The Morgan fingerprint density at radius 1 is 1.04 bits per heavy atom. The molecule has 1 unspecified atom stereocenters. The van der Waals surface area contributed by atoms with Crippen molar-refractivity contribution in [3.05, 3.63) is 54.1 Å². The van der Waals surface area contributed by atoms with E-state index < -0.39 is 15.9 Å². The summed E-state index contributed by atoms with van der Waals surface area (Å²) in [5.74, 6) is 0.639. The normalized spacial score (nSPS) is 11.9. The van der Waals surface area contributed by atoms with Gasteiger partial charge in [0, 0.05) is 5.56 Å². The van der Waals surface area contributed by atoms with E-state index in [2.05, 4.69) is 16.0 Å². The highest BCUT2D eigenvalue weighted by atomic mass is 35.6. The van der Waals surface area contributed by atoms with Crippen molar-refractivity contribution < 1.29 is 14.3 Å². The standard InChI is InChI=1S/C18H18Cl3N3O3S/c1-26-12-7-5-6-11(10-12)15(25)23-16(18(19,20)21)24-17(28)22-13-8-3-4-9-14(13)27-2/h3-10,16H,1-2H3,(H,23,25)(H2,22,24,28). The highest BCUT2D eigenvalue weighted by Crippen LogP contribution is 2.30. The molecule has 0 heterocycles. The van der Waals surface area contributed by atoms with Crippen LogP contribution in [0.3, 0.4) is 0 Å². The van der Waals surface area contributed by atoms with Crippen LogP contribution in [0.4, 0.5) is 5.69 Å². The van der Waals surface area contributed by atoms with E-state index in [1.54, 1.807) is 36.4 Å². The molecule has 0 bridgehead atoms. The number of hydrogen-bond acceptors (Lipinski definition) is 4. The average Bonchev–Trinajstić information content (AvgIpc) is 2.67. The van der Waals surface area contributed by atoms with Gasteiger partial charge in [0.05, 0.1) is 19.9 Å². The molecule has 2 rings (SSSR count). The van der Waals surface area contributed by atoms with Gasteiger partial charge in [-0.05, 0) is 42.5 Å². The molecule has 0 saturated carbocycles. The number of benzene rings is 2. The predicted molar refractivity (Wildman–Crippen MR) is 117 cm³/mol. The summed E-state index contributed by atoms with van der Waals surface area (Å²) in [7, 11) is 3.04. The summed E-state index contributed by atoms with van der Waals surface area (Å²) in [6.07, 6.45) is -1.11. The first-order valence-corrected chi connectivity index (χ1v) is 9.51. The molecule has 0 saturated heterocycles. The maximum absolute atomic E-state index is 12.5. The number of hydrogen-bond donors (Lipinski definition) is 3. The number of anilines is 1. The number of halogens is 3. The lowest BCUT2D eigenvalue weighted by Crippen LogP contribution is -2.56. The van der Waals surface area contributed by atoms with Gasteiger partial charge in [-0.2, -0.15) is 0 Å². The smallest absolute Gasteiger partial charge is 0.253 e. The van der Waals surface area contributed by atoms with Crippen LogP contribution >= 0.6 is 47.0 Å². The molecule has 150 valence electrons. The molecule has 1 amide bonds. The third kappa shape index (κ3) is 6.31. The highest BCUT2D eigenvalue weighted by molar-refractivity contribution is 7.80. The van der Waals surface area contributed by atoms with Gasteiger partial charge in [0.15, 0.2) is 5.11 Å². The lowest BCUT2D eigenvalue weighted by molar-refractivity contribution is 0.0934. The van der Waals surface area contributed by atoms with Gasteiger partial charge in [0.2, 0.25) is 3.79 Å². The molecular weight excluding hydrogens is 445 g/mol. The molecule has 0 aliphatic rings. The lowest BCUT2D eigenvalue weighted by atomic mass is 10.2. The van der Waals surface area contributed by atoms with Gasteiger partial charge in [0.1, 0.15) is 17.7 Å². The Hall–Kier alpha value is -1.93. The zero-order valence-electron chi connectivity index (χ0n) is 15.0. The van der Waals surface area contributed by atoms with Crippen molar-refractivity contribution in [1.82, 2.24) is 10.6 Å². The Morgan fingerprint density at radius 2 is 1.75 bits per heavy atom. The minimum absolute atomic E-state index is 0.131. The molecule has 0 aliphatic carbocycles. The summed E-state index contributed by atoms with van der Waals surface area (Å²) in [5, 5.41) is 8.48. The summed E-state index contributed by atoms with van der Waals surface area (Å²) >= 11 is 23.3. The topological polar surface area (TPSA) is 71.6 Å². The molecule has 0 aromatic heterocycles. The first-order chi connectivity index (χ1) is 13.2. The van der Waals surface area contributed by atoms with Crippen LogP contribution in [0.15, 0.2) is 48.5 Å². The lowest BCUT2D eigenvalue weighted by Gasteiger charge is -2.28. The molecular formula is C18H18Cl3N3O3S. The molecule has 0 aliphatic heterocycles. The summed E-state index contributed by atoms with van der Waals surface area (Å²) in [6, 6.07) is 13.7. The number of alkyl halides is 3. The minimum atomic E-state index is -1.87. The fraction of sp³-hybridized carbons (Fsp3) is 0.222. The number of thiocarbonyl (C=S) groups is 1. The van der Waals surface area contributed by atoms with Gasteiger partial charge < -0.3 is 25.4 Å². The zero-order chi connectivity index (χ0) is 20.7. The van der Waals surface area contributed by atoms with Crippen molar-refractivity contribution in [2.24, 2.45) is 0 Å². The second-order valence-electron chi connectivity index (χ2n) is 5.48. The number of nitrogens with one attached hydrogen (secondary N) is 3. The molecule has 2 aromatic carbocycles. The van der Waals surface area contributed by atoms with Gasteiger partial charge in [-0.15, -0.1) is 0 Å². The average molecular weight is 463 g/mol. The Bertz CT molecular complexity index is 846. The van der Waals surface area contributed by atoms with Crippen molar-refractivity contribution in [2.45, 2.75) is 9.96 Å². The van der Waals surface area contributed by atoms with E-state index >= 15 is 0 Å². The summed E-state index contributed by atoms with van der Waals surface area (Å²) < 4.78 is 8.49. The van der Waals surface area contributed by atoms with Crippen LogP contribution in [-0.2, 0) is 0 Å². The third-order valence-corrected chi connectivity index (χ3v) is 4.44. The zero-order valence-corrected chi connectivity index (χ0v) is 18.0. The highest BCUT2D eigenvalue weighted by Gasteiger charge is 2.35. The molecule has 0 spiro atoms. The van der Waals surface area contributed by atoms with Crippen LogP contribution in [0, 0.1) is 0 Å². The maximum Gasteiger partial charge on any atom is 0.253 e. The number of ether oxygens (including phenoxy) is 2. The van der Waals surface area contributed by atoms with Gasteiger partial charge in [-0.25, -0.2) is 0 Å². The monoisotopic (exact) mass is 461 g/mol. The van der Waals surface area contributed by atoms with Crippen LogP contribution in [-0.4, -0.2) is 35.2 Å². The number of carbonyl (C=O) groups excluding carboxylic acids is 1. The van der Waals surface area contributed by atoms with Crippen molar-refractivity contribution in [3.63, 3.8) is 0 Å². The molecule has 0 radical (unpaired) electrons. The molecule has 6 nitrogen and oxygen atoms in total. The van der Waals surface area contributed by atoms with Crippen molar-refractivity contribution >= 4 is 63.7 Å². The van der Waals surface area contributed by atoms with Gasteiger partial charge in [0.25, 0.3) is 5.91 Å². The summed E-state index contributed by atoms with van der Waals surface area (Å²) in [6.45, 7) is 0. The van der Waals surface area contributed by atoms with Crippen molar-refractivity contribution in [1.29, 1.82) is 0 Å². The van der Waals surface area contributed by atoms with Gasteiger partial charge >= 0.3 is 0 Å². The maximum atomic E-state index is 12.5. The van der Waals surface area contributed by atoms with Crippen molar-refractivity contribution in [2.75, 3.05) is 19.5 Å². The van der Waals surface area contributed by atoms with Crippen molar-refractivity contribution in [3.8, 4) is 11.5 Å². The second kappa shape index (κ2) is 10.0. The number of amides is 1. The number of carbonyl (C=O) groups is 1. The summed E-state index contributed by atoms with van der Waals surface area (Å²) in [4.78, 5) is 12.5. The molecule has 3 N–H and O–H groups in total. The largest absolute Gasteiger partial charge is 0.497 e. The Labute approximate surface area is 183 Å². The summed E-state index contributed by atoms with van der Waals surface area (Å²) in [5.41, 5.74) is 0.952. The predicted octanol–water partition coefficient (Wildman–Crippen LogP) is 4.12. The SMILES string of the molecule is COc1cccc(C(=O)NC(NC(=S)Nc2ccccc2OC)C(Cl)(Cl)Cl)c1. The van der Waals surface area contributed by atoms with Crippen LogP contribution in [0.2, 0.25) is 0 Å². The Morgan fingerprint density at radius 3 is 2.39 bits per heavy atom. The number of methoxy groups -OCH3 is 2. The van der Waals surface area contributed by atoms with E-state index in [1.165, 1.54) is 14.2 Å². The van der Waals surface area contributed by atoms with E-state index in [0.29, 0.717) is 22.7 Å². The molecule has 1 atom stereocenters. The van der Waals surface area contributed by atoms with Crippen LogP contribution < -0.4 is 25.4 Å². The van der Waals surface area contributed by atoms with E-state index in [-0.39, 0.29) is 5.11 Å². The molecule has 10 heteroatoms. The third-order valence-electron chi connectivity index (χ3n) is 3.57. The van der Waals surface area contributed by atoms with Crippen LogP contribution in [0.1, 0.15) is 10.4 Å². The Balaban J connectivity index is 2.11. The van der Waals surface area contributed by atoms with E-state index in [9.17, 15) is 4.79 Å². The first-order valence-electron chi connectivity index (χ1n) is 7.96. The first kappa shape index (κ1) is 22.4. The fourth-order valence-electron chi connectivity index (χ4n) is 2.22. The number of para-hydroxylation sites is 2. The molecule has 2 aromatic rings. The minimum Gasteiger partial charge on any atom is -0.497 e. The number of rotatable bonds is 6.